The molecular formula is C22H19ClFN3O7S2. The van der Waals surface area contributed by atoms with Gasteiger partial charge in [-0.2, -0.15) is 0 Å². The number of nitrogens with zero attached hydrogens (tertiary/aromatic N) is 2. The number of aromatic nitrogens is 1. The average Bonchev–Trinajstić information content (AvgIpc) is 3.46. The first kappa shape index (κ1) is 25.7. The minimum atomic E-state index is -4.30. The van der Waals surface area contributed by atoms with Crippen LogP contribution in [-0.4, -0.2) is 45.7 Å². The molecule has 0 spiro atoms. The molecule has 36 heavy (non-hydrogen) atoms. The van der Waals surface area contributed by atoms with Crippen molar-refractivity contribution in [3.8, 4) is 11.5 Å². The Balaban J connectivity index is 1.61. The summed E-state index contributed by atoms with van der Waals surface area (Å²) >= 11 is 7.06. The van der Waals surface area contributed by atoms with Crippen molar-refractivity contribution in [2.24, 2.45) is 0 Å². The van der Waals surface area contributed by atoms with Gasteiger partial charge in [0.25, 0.3) is 15.9 Å². The van der Waals surface area contributed by atoms with Crippen LogP contribution < -0.4 is 19.1 Å². The quantitative estimate of drug-likeness (QED) is 0.416. The standard InChI is InChI=1S/C22H19ClFN3O7S2/c1-3-33-19(28)9-14-10-35-22(25-14)26-21(29)12-6-15(24)20-16(7-12)27(11-34-20)36(30,31)18-8-13(23)4-5-17(18)32-2/h4-8,10H,3,9,11H2,1-2H3,(H,25,26,29). The Morgan fingerprint density at radius 3 is 2.81 bits per heavy atom. The highest BCUT2D eigenvalue weighted by Gasteiger charge is 2.37. The number of methoxy groups -OCH3 is 1. The highest BCUT2D eigenvalue weighted by Crippen LogP contribution is 2.42. The molecule has 0 bridgehead atoms. The zero-order valence-corrected chi connectivity index (χ0v) is 21.3. The smallest absolute Gasteiger partial charge is 0.311 e. The number of halogens is 2. The van der Waals surface area contributed by atoms with Crippen LogP contribution in [0, 0.1) is 5.82 Å². The van der Waals surface area contributed by atoms with Gasteiger partial charge in [0.2, 0.25) is 0 Å². The fourth-order valence-corrected chi connectivity index (χ4v) is 5.82. The van der Waals surface area contributed by atoms with Crippen molar-refractivity contribution in [2.75, 3.05) is 30.1 Å². The van der Waals surface area contributed by atoms with Crippen molar-refractivity contribution in [2.45, 2.75) is 18.2 Å². The number of nitrogens with one attached hydrogen (secondary N) is 1. The number of carbonyl (C=O) groups excluding carboxylic acids is 2. The molecule has 14 heteroatoms. The van der Waals surface area contributed by atoms with Gasteiger partial charge in [0.15, 0.2) is 23.4 Å². The van der Waals surface area contributed by atoms with E-state index in [2.05, 4.69) is 10.3 Å². The van der Waals surface area contributed by atoms with Gasteiger partial charge in [-0.3, -0.25) is 14.9 Å². The second kappa shape index (κ2) is 10.3. The number of carbonyl (C=O) groups is 2. The molecular weight excluding hydrogens is 537 g/mol. The maximum Gasteiger partial charge on any atom is 0.311 e. The molecule has 4 rings (SSSR count). The molecule has 1 aliphatic heterocycles. The minimum Gasteiger partial charge on any atom is -0.495 e. The molecule has 0 saturated heterocycles. The van der Waals surface area contributed by atoms with Crippen molar-refractivity contribution >= 4 is 55.7 Å². The van der Waals surface area contributed by atoms with Crippen LogP contribution in [0.3, 0.4) is 0 Å². The number of rotatable bonds is 8. The second-order valence-corrected chi connectivity index (χ2v) is 10.4. The summed E-state index contributed by atoms with van der Waals surface area (Å²) in [7, 11) is -3.00. The summed E-state index contributed by atoms with van der Waals surface area (Å²) < 4.78 is 57.7. The van der Waals surface area contributed by atoms with Crippen LogP contribution in [0.5, 0.6) is 11.5 Å². The third-order valence-electron chi connectivity index (χ3n) is 4.98. The summed E-state index contributed by atoms with van der Waals surface area (Å²) in [5.41, 5.74) is 0.0662. The molecule has 3 aromatic rings. The SMILES string of the molecule is CCOC(=O)Cc1csc(NC(=O)c2cc(F)c3c(c2)N(S(=O)(=O)c2cc(Cl)ccc2OC)CO3)n1. The molecule has 0 unspecified atom stereocenters. The first-order chi connectivity index (χ1) is 17.1. The van der Waals surface area contributed by atoms with Gasteiger partial charge in [-0.25, -0.2) is 22.1 Å². The third-order valence-corrected chi connectivity index (χ3v) is 7.78. The molecule has 0 fully saturated rings. The van der Waals surface area contributed by atoms with Gasteiger partial charge in [-0.05, 0) is 37.3 Å². The lowest BCUT2D eigenvalue weighted by Gasteiger charge is -2.19. The van der Waals surface area contributed by atoms with Crippen LogP contribution in [0.25, 0.3) is 0 Å². The number of benzene rings is 2. The highest BCUT2D eigenvalue weighted by molar-refractivity contribution is 7.93. The minimum absolute atomic E-state index is 0.0320. The summed E-state index contributed by atoms with van der Waals surface area (Å²) in [6.45, 7) is 1.40. The molecule has 0 atom stereocenters. The van der Waals surface area contributed by atoms with Gasteiger partial charge in [-0.15, -0.1) is 11.3 Å². The van der Waals surface area contributed by atoms with Crippen LogP contribution >= 0.6 is 22.9 Å². The Labute approximate surface area is 214 Å². The summed E-state index contributed by atoms with van der Waals surface area (Å²) in [5.74, 6) is -2.40. The van der Waals surface area contributed by atoms with E-state index in [0.717, 1.165) is 21.7 Å². The molecule has 0 radical (unpaired) electrons. The van der Waals surface area contributed by atoms with Crippen LogP contribution in [0.15, 0.2) is 40.6 Å². The normalized spacial score (nSPS) is 12.6. The van der Waals surface area contributed by atoms with Crippen molar-refractivity contribution in [1.82, 2.24) is 4.98 Å². The predicted octanol–water partition coefficient (Wildman–Crippen LogP) is 3.85. The van der Waals surface area contributed by atoms with Gasteiger partial charge in [0.05, 0.1) is 25.8 Å². The molecule has 1 amide bonds. The van der Waals surface area contributed by atoms with Crippen molar-refractivity contribution < 1.29 is 36.6 Å². The van der Waals surface area contributed by atoms with E-state index in [0.29, 0.717) is 5.69 Å². The fraction of sp³-hybridized carbons (Fsp3) is 0.227. The highest BCUT2D eigenvalue weighted by atomic mass is 35.5. The van der Waals surface area contributed by atoms with E-state index in [1.54, 1.807) is 12.3 Å². The number of hydrogen-bond donors (Lipinski definition) is 1. The molecule has 0 aliphatic carbocycles. The van der Waals surface area contributed by atoms with Gasteiger partial charge >= 0.3 is 5.97 Å². The summed E-state index contributed by atoms with van der Waals surface area (Å²) in [6, 6.07) is 6.19. The molecule has 10 nitrogen and oxygen atoms in total. The van der Waals surface area contributed by atoms with E-state index in [1.165, 1.54) is 31.4 Å². The van der Waals surface area contributed by atoms with Gasteiger partial charge in [-0.1, -0.05) is 11.6 Å². The van der Waals surface area contributed by atoms with E-state index in [4.69, 9.17) is 25.8 Å². The molecule has 1 N–H and O–H groups in total. The fourth-order valence-electron chi connectivity index (χ4n) is 3.38. The van der Waals surface area contributed by atoms with E-state index in [-0.39, 0.29) is 50.8 Å². The number of amides is 1. The lowest BCUT2D eigenvalue weighted by molar-refractivity contribution is -0.142. The molecule has 190 valence electrons. The number of esters is 1. The van der Waals surface area contributed by atoms with E-state index >= 15 is 0 Å². The Morgan fingerprint density at radius 1 is 1.31 bits per heavy atom. The summed E-state index contributed by atoms with van der Waals surface area (Å²) in [5, 5.41) is 4.42. The number of thiazole rings is 1. The van der Waals surface area contributed by atoms with Crippen LogP contribution in [0.1, 0.15) is 23.0 Å². The molecule has 1 aromatic heterocycles. The van der Waals surface area contributed by atoms with Crippen LogP contribution in [0.2, 0.25) is 5.02 Å². The van der Waals surface area contributed by atoms with Gasteiger partial charge in [0.1, 0.15) is 16.3 Å². The Hall–Kier alpha value is -3.42. The number of anilines is 2. The first-order valence-corrected chi connectivity index (χ1v) is 13.1. The Kier molecular flexibility index (Phi) is 7.33. The summed E-state index contributed by atoms with van der Waals surface area (Å²) in [4.78, 5) is 28.3. The third kappa shape index (κ3) is 5.08. The van der Waals surface area contributed by atoms with Crippen molar-refractivity contribution in [3.05, 3.63) is 57.8 Å². The number of sulfonamides is 1. The maximum atomic E-state index is 14.8. The number of hydrogen-bond acceptors (Lipinski definition) is 9. The molecule has 2 aromatic carbocycles. The lowest BCUT2D eigenvalue weighted by atomic mass is 10.1. The zero-order chi connectivity index (χ0) is 26.0. The lowest BCUT2D eigenvalue weighted by Crippen LogP contribution is -2.30. The average molecular weight is 556 g/mol. The van der Waals surface area contributed by atoms with Crippen molar-refractivity contribution in [3.63, 3.8) is 0 Å². The molecule has 2 heterocycles. The van der Waals surface area contributed by atoms with E-state index in [1.807, 2.05) is 0 Å². The predicted molar refractivity (Wildman–Crippen MR) is 130 cm³/mol. The first-order valence-electron chi connectivity index (χ1n) is 10.4. The summed E-state index contributed by atoms with van der Waals surface area (Å²) in [6.07, 6.45) is -0.0647. The monoisotopic (exact) mass is 555 g/mol. The topological polar surface area (TPSA) is 124 Å². The van der Waals surface area contributed by atoms with Gasteiger partial charge in [0, 0.05) is 16.0 Å². The zero-order valence-electron chi connectivity index (χ0n) is 18.9. The second-order valence-electron chi connectivity index (χ2n) is 7.31. The molecule has 1 aliphatic rings. The van der Waals surface area contributed by atoms with Crippen molar-refractivity contribution in [1.29, 1.82) is 0 Å². The van der Waals surface area contributed by atoms with E-state index in [9.17, 15) is 22.4 Å². The largest absolute Gasteiger partial charge is 0.495 e. The van der Waals surface area contributed by atoms with Crippen LogP contribution in [0.4, 0.5) is 15.2 Å². The Bertz CT molecular complexity index is 1450. The van der Waals surface area contributed by atoms with Gasteiger partial charge < -0.3 is 14.2 Å². The number of ether oxygens (including phenoxy) is 3. The number of fused-ring (bicyclic) bond motifs is 1. The van der Waals surface area contributed by atoms with E-state index < -0.39 is 34.4 Å². The Morgan fingerprint density at radius 2 is 2.08 bits per heavy atom. The molecule has 0 saturated carbocycles. The van der Waals surface area contributed by atoms with Crippen LogP contribution in [-0.2, 0) is 26.0 Å². The maximum absolute atomic E-state index is 14.8.